The van der Waals surface area contributed by atoms with Crippen LogP contribution in [0.2, 0.25) is 0 Å². The van der Waals surface area contributed by atoms with Crippen molar-refractivity contribution in [1.29, 1.82) is 0 Å². The Morgan fingerprint density at radius 1 is 1.40 bits per heavy atom. The molecule has 0 aromatic carbocycles. The molecule has 1 atom stereocenters. The fourth-order valence-electron chi connectivity index (χ4n) is 2.90. The molecule has 0 spiro atoms. The quantitative estimate of drug-likeness (QED) is 0.857. The van der Waals surface area contributed by atoms with Crippen LogP contribution in [0.25, 0.3) is 0 Å². The summed E-state index contributed by atoms with van der Waals surface area (Å²) in [5.74, 6) is -1.15. The number of hydrogen-bond acceptors (Lipinski definition) is 3. The number of aromatic nitrogens is 1. The summed E-state index contributed by atoms with van der Waals surface area (Å²) in [7, 11) is 0. The molecule has 1 aliphatic heterocycles. The topological polar surface area (TPSA) is 88.6 Å². The molecule has 2 heterocycles. The van der Waals surface area contributed by atoms with E-state index in [-0.39, 0.29) is 12.5 Å². The summed E-state index contributed by atoms with van der Waals surface area (Å²) in [5.41, 5.74) is 5.16. The molecule has 0 radical (unpaired) electrons. The lowest BCUT2D eigenvalue weighted by Gasteiger charge is -2.29. The number of amides is 1. The summed E-state index contributed by atoms with van der Waals surface area (Å²) in [6.07, 6.45) is 5.64. The van der Waals surface area contributed by atoms with Gasteiger partial charge in [-0.1, -0.05) is 0 Å². The first-order chi connectivity index (χ1) is 9.51. The molecule has 1 aromatic rings. The monoisotopic (exact) mass is 277 g/mol. The minimum absolute atomic E-state index is 0.0804. The first kappa shape index (κ1) is 13.2. The van der Waals surface area contributed by atoms with E-state index < -0.39 is 11.5 Å². The maximum Gasteiger partial charge on any atom is 0.325 e. The normalized spacial score (nSPS) is 26.6. The number of likely N-dealkylation sites (tertiary alicyclic amines) is 1. The summed E-state index contributed by atoms with van der Waals surface area (Å²) in [6.45, 7) is 0.481. The second kappa shape index (κ2) is 4.63. The van der Waals surface area contributed by atoms with Gasteiger partial charge < -0.3 is 20.3 Å². The first-order valence-corrected chi connectivity index (χ1v) is 7.00. The molecule has 108 valence electrons. The predicted octanol–water partition coefficient (Wildman–Crippen LogP) is 0.841. The SMILES string of the molecule is NC1(C(=O)O)CCN(C(=O)c2cccn2C2CCC2)C1. The van der Waals surface area contributed by atoms with Crippen LogP contribution in [0.3, 0.4) is 0 Å². The Balaban J connectivity index is 1.77. The zero-order valence-corrected chi connectivity index (χ0v) is 11.3. The van der Waals surface area contributed by atoms with Crippen molar-refractivity contribution in [3.05, 3.63) is 24.0 Å². The molecule has 1 amide bonds. The number of rotatable bonds is 3. The Bertz CT molecular complexity index is 550. The number of hydrogen-bond donors (Lipinski definition) is 2. The molecule has 3 rings (SSSR count). The Morgan fingerprint density at radius 3 is 2.70 bits per heavy atom. The second-order valence-corrected chi connectivity index (χ2v) is 5.82. The molecule has 1 aliphatic carbocycles. The van der Waals surface area contributed by atoms with Crippen molar-refractivity contribution in [2.24, 2.45) is 5.73 Å². The lowest BCUT2D eigenvalue weighted by atomic mass is 9.93. The summed E-state index contributed by atoms with van der Waals surface area (Å²) in [4.78, 5) is 25.2. The third-order valence-corrected chi connectivity index (χ3v) is 4.48. The summed E-state index contributed by atoms with van der Waals surface area (Å²) in [6, 6.07) is 4.08. The van der Waals surface area contributed by atoms with E-state index in [1.165, 1.54) is 6.42 Å². The lowest BCUT2D eigenvalue weighted by molar-refractivity contribution is -0.142. The van der Waals surface area contributed by atoms with Crippen LogP contribution >= 0.6 is 0 Å². The van der Waals surface area contributed by atoms with E-state index in [2.05, 4.69) is 0 Å². The van der Waals surface area contributed by atoms with Gasteiger partial charge in [0.2, 0.25) is 0 Å². The molecular weight excluding hydrogens is 258 g/mol. The van der Waals surface area contributed by atoms with Crippen molar-refractivity contribution in [1.82, 2.24) is 9.47 Å². The maximum atomic E-state index is 12.5. The van der Waals surface area contributed by atoms with Crippen LogP contribution in [0.5, 0.6) is 0 Å². The van der Waals surface area contributed by atoms with Crippen LogP contribution in [0.1, 0.15) is 42.2 Å². The van der Waals surface area contributed by atoms with Gasteiger partial charge in [0.15, 0.2) is 0 Å². The zero-order valence-electron chi connectivity index (χ0n) is 11.3. The Hall–Kier alpha value is -1.82. The van der Waals surface area contributed by atoms with Crippen LogP contribution in [0, 0.1) is 0 Å². The van der Waals surface area contributed by atoms with Crippen LogP contribution in [-0.4, -0.2) is 45.1 Å². The van der Waals surface area contributed by atoms with Gasteiger partial charge in [-0.3, -0.25) is 9.59 Å². The minimum atomic E-state index is -1.30. The molecule has 1 aromatic heterocycles. The highest BCUT2D eigenvalue weighted by Crippen LogP contribution is 2.33. The summed E-state index contributed by atoms with van der Waals surface area (Å²) < 4.78 is 2.02. The first-order valence-electron chi connectivity index (χ1n) is 7.00. The van der Waals surface area contributed by atoms with Gasteiger partial charge in [0.25, 0.3) is 5.91 Å². The van der Waals surface area contributed by atoms with Gasteiger partial charge in [-0.15, -0.1) is 0 Å². The zero-order chi connectivity index (χ0) is 14.3. The fraction of sp³-hybridized carbons (Fsp3) is 0.571. The van der Waals surface area contributed by atoms with E-state index in [0.29, 0.717) is 24.7 Å². The van der Waals surface area contributed by atoms with Crippen molar-refractivity contribution < 1.29 is 14.7 Å². The Kier molecular flexibility index (Phi) is 3.05. The van der Waals surface area contributed by atoms with E-state index in [0.717, 1.165) is 12.8 Å². The number of carboxylic acids is 1. The Morgan fingerprint density at radius 2 is 2.15 bits per heavy atom. The van der Waals surface area contributed by atoms with E-state index >= 15 is 0 Å². The van der Waals surface area contributed by atoms with E-state index in [4.69, 9.17) is 10.8 Å². The molecule has 1 saturated heterocycles. The van der Waals surface area contributed by atoms with Crippen LogP contribution in [-0.2, 0) is 4.79 Å². The van der Waals surface area contributed by atoms with Gasteiger partial charge in [-0.25, -0.2) is 0 Å². The van der Waals surface area contributed by atoms with E-state index in [9.17, 15) is 9.59 Å². The average Bonchev–Trinajstić information content (AvgIpc) is 2.94. The summed E-state index contributed by atoms with van der Waals surface area (Å²) in [5, 5.41) is 9.12. The van der Waals surface area contributed by atoms with Gasteiger partial charge in [-0.05, 0) is 37.8 Å². The van der Waals surface area contributed by atoms with Gasteiger partial charge in [0.1, 0.15) is 11.2 Å². The van der Waals surface area contributed by atoms with Crippen molar-refractivity contribution in [2.45, 2.75) is 37.3 Å². The number of carbonyl (C=O) groups excluding carboxylic acids is 1. The number of carbonyl (C=O) groups is 2. The van der Waals surface area contributed by atoms with E-state index in [1.807, 2.05) is 16.8 Å². The largest absolute Gasteiger partial charge is 0.480 e. The number of nitrogens with two attached hydrogens (primary N) is 1. The summed E-state index contributed by atoms with van der Waals surface area (Å²) >= 11 is 0. The van der Waals surface area contributed by atoms with Crippen molar-refractivity contribution in [2.75, 3.05) is 13.1 Å². The smallest absolute Gasteiger partial charge is 0.325 e. The van der Waals surface area contributed by atoms with E-state index in [1.54, 1.807) is 11.0 Å². The van der Waals surface area contributed by atoms with Crippen LogP contribution < -0.4 is 5.73 Å². The predicted molar refractivity (Wildman–Crippen MR) is 72.4 cm³/mol. The molecule has 1 unspecified atom stereocenters. The molecule has 0 bridgehead atoms. The molecular formula is C14H19N3O3. The number of aliphatic carboxylic acids is 1. The highest BCUT2D eigenvalue weighted by molar-refractivity contribution is 5.94. The van der Waals surface area contributed by atoms with Gasteiger partial charge >= 0.3 is 5.97 Å². The maximum absolute atomic E-state index is 12.5. The molecule has 6 nitrogen and oxygen atoms in total. The standard InChI is InChI=1S/C14H19N3O3/c15-14(13(19)20)6-8-16(9-14)12(18)11-5-2-7-17(11)10-3-1-4-10/h2,5,7,10H,1,3-4,6,8-9,15H2,(H,19,20). The molecule has 2 fully saturated rings. The number of nitrogens with zero attached hydrogens (tertiary/aromatic N) is 2. The van der Waals surface area contributed by atoms with Crippen molar-refractivity contribution in [3.63, 3.8) is 0 Å². The van der Waals surface area contributed by atoms with Crippen LogP contribution in [0.15, 0.2) is 18.3 Å². The third kappa shape index (κ3) is 2.00. The molecule has 20 heavy (non-hydrogen) atoms. The van der Waals surface area contributed by atoms with Gasteiger partial charge in [0, 0.05) is 25.3 Å². The Labute approximate surface area is 117 Å². The minimum Gasteiger partial charge on any atom is -0.480 e. The number of carboxylic acid groups (broad SMARTS) is 1. The average molecular weight is 277 g/mol. The molecule has 3 N–H and O–H groups in total. The molecule has 1 saturated carbocycles. The highest BCUT2D eigenvalue weighted by atomic mass is 16.4. The van der Waals surface area contributed by atoms with Crippen molar-refractivity contribution >= 4 is 11.9 Å². The van der Waals surface area contributed by atoms with Gasteiger partial charge in [0.05, 0.1) is 0 Å². The van der Waals surface area contributed by atoms with Crippen molar-refractivity contribution in [3.8, 4) is 0 Å². The molecule has 6 heteroatoms. The third-order valence-electron chi connectivity index (χ3n) is 4.48. The fourth-order valence-corrected chi connectivity index (χ4v) is 2.90. The van der Waals surface area contributed by atoms with Gasteiger partial charge in [-0.2, -0.15) is 0 Å². The van der Waals surface area contributed by atoms with Crippen LogP contribution in [0.4, 0.5) is 0 Å². The molecule has 2 aliphatic rings. The lowest BCUT2D eigenvalue weighted by Crippen LogP contribution is -2.50. The second-order valence-electron chi connectivity index (χ2n) is 5.82. The highest BCUT2D eigenvalue weighted by Gasteiger charge is 2.43.